The van der Waals surface area contributed by atoms with Gasteiger partial charge in [0.1, 0.15) is 0 Å². The number of hydrogen-bond donors (Lipinski definition) is 0. The van der Waals surface area contributed by atoms with E-state index in [1.54, 1.807) is 6.08 Å². The fraction of sp³-hybridized carbons (Fsp3) is 0.0870. The molecule has 0 amide bonds. The largest absolute Gasteiger partial charge is 0.316 e. The van der Waals surface area contributed by atoms with E-state index >= 15 is 0 Å². The second-order valence-corrected chi connectivity index (χ2v) is 12.3. The van der Waals surface area contributed by atoms with Crippen LogP contribution >= 0.6 is 0 Å². The monoisotopic (exact) mass is 620 g/mol. The van der Waals surface area contributed by atoms with Crippen molar-refractivity contribution in [1.29, 1.82) is 0 Å². The maximum atomic E-state index is 3.82. The third-order valence-corrected chi connectivity index (χ3v) is 9.21. The first-order chi connectivity index (χ1) is 23.6. The molecule has 0 saturated carbocycles. The van der Waals surface area contributed by atoms with Crippen molar-refractivity contribution in [3.05, 3.63) is 199 Å². The summed E-state index contributed by atoms with van der Waals surface area (Å²) in [5.74, 6) is 0. The van der Waals surface area contributed by atoms with Crippen LogP contribution < -0.4 is 9.80 Å². The van der Waals surface area contributed by atoms with Gasteiger partial charge in [-0.25, -0.2) is 0 Å². The Balaban J connectivity index is 1.25. The molecule has 0 unspecified atom stereocenters. The standard InChI is InChI=1S/C46H40N2/c1-4-5-6-14-33-47(45-34(2)21-23-38-15-10-12-19-43(38)45)40-29-25-36(26-30-40)37-27-31-42(32-28-37)48(41-17-8-7-9-18-41)46-35(3)22-24-39-16-11-13-20-44(39)46/h4-27,29-31,33H,1,28,32H2,2-3H3/b6-5-,33-14+. The van der Waals surface area contributed by atoms with Gasteiger partial charge in [-0.3, -0.25) is 0 Å². The Morgan fingerprint density at radius 1 is 0.542 bits per heavy atom. The van der Waals surface area contributed by atoms with Gasteiger partial charge in [-0.2, -0.15) is 0 Å². The molecule has 6 aromatic carbocycles. The highest BCUT2D eigenvalue weighted by molar-refractivity contribution is 6.00. The minimum atomic E-state index is 0.949. The maximum Gasteiger partial charge on any atom is 0.0565 e. The minimum Gasteiger partial charge on any atom is -0.316 e. The fourth-order valence-corrected chi connectivity index (χ4v) is 6.82. The number of benzene rings is 6. The van der Waals surface area contributed by atoms with Gasteiger partial charge in [-0.1, -0.05) is 134 Å². The normalized spacial score (nSPS) is 13.2. The van der Waals surface area contributed by atoms with Gasteiger partial charge < -0.3 is 9.80 Å². The molecule has 0 N–H and O–H groups in total. The van der Waals surface area contributed by atoms with Crippen molar-refractivity contribution in [2.45, 2.75) is 26.7 Å². The van der Waals surface area contributed by atoms with Crippen molar-refractivity contribution in [3.8, 4) is 0 Å². The molecule has 2 nitrogen and oxygen atoms in total. The molecule has 0 fully saturated rings. The minimum absolute atomic E-state index is 0.949. The number of fused-ring (bicyclic) bond motifs is 2. The molecule has 0 atom stereocenters. The number of hydrogen-bond acceptors (Lipinski definition) is 2. The van der Waals surface area contributed by atoms with Gasteiger partial charge in [0.05, 0.1) is 11.4 Å². The number of anilines is 4. The van der Waals surface area contributed by atoms with Gasteiger partial charge in [0.15, 0.2) is 0 Å². The topological polar surface area (TPSA) is 6.48 Å². The average Bonchev–Trinajstić information content (AvgIpc) is 3.14. The summed E-state index contributed by atoms with van der Waals surface area (Å²) in [6.07, 6.45) is 16.5. The van der Waals surface area contributed by atoms with Crippen LogP contribution in [0.4, 0.5) is 22.7 Å². The van der Waals surface area contributed by atoms with E-state index in [-0.39, 0.29) is 0 Å². The lowest BCUT2D eigenvalue weighted by Gasteiger charge is -2.32. The zero-order valence-corrected chi connectivity index (χ0v) is 27.7. The molecule has 2 heteroatoms. The maximum absolute atomic E-state index is 3.82. The zero-order valence-electron chi connectivity index (χ0n) is 27.7. The summed E-state index contributed by atoms with van der Waals surface area (Å²) < 4.78 is 0. The highest BCUT2D eigenvalue weighted by Crippen LogP contribution is 2.42. The quantitative estimate of drug-likeness (QED) is 0.148. The van der Waals surface area contributed by atoms with Crippen LogP contribution in [0.25, 0.3) is 27.1 Å². The van der Waals surface area contributed by atoms with E-state index in [9.17, 15) is 0 Å². The predicted octanol–water partition coefficient (Wildman–Crippen LogP) is 12.9. The number of para-hydroxylation sites is 1. The fourth-order valence-electron chi connectivity index (χ4n) is 6.82. The van der Waals surface area contributed by atoms with Crippen LogP contribution in [-0.4, -0.2) is 0 Å². The molecule has 0 spiro atoms. The van der Waals surface area contributed by atoms with Crippen LogP contribution in [0.2, 0.25) is 0 Å². The highest BCUT2D eigenvalue weighted by Gasteiger charge is 2.21. The third kappa shape index (κ3) is 6.13. The SMILES string of the molecule is C=C/C=C\C=C\N(c1ccc(C2=CC=C(N(c3ccccc3)c3c(C)ccc4ccccc34)CC2)cc1)c1c(C)ccc2ccccc12. The molecule has 48 heavy (non-hydrogen) atoms. The van der Waals surface area contributed by atoms with Crippen LogP contribution in [0.1, 0.15) is 29.5 Å². The lowest BCUT2D eigenvalue weighted by atomic mass is 9.94. The second-order valence-electron chi connectivity index (χ2n) is 12.3. The van der Waals surface area contributed by atoms with Crippen molar-refractivity contribution >= 4 is 49.9 Å². The zero-order chi connectivity index (χ0) is 32.9. The average molecular weight is 621 g/mol. The lowest BCUT2D eigenvalue weighted by Crippen LogP contribution is -2.19. The first kappa shape index (κ1) is 30.8. The van der Waals surface area contributed by atoms with E-state index in [0.29, 0.717) is 0 Å². The summed E-state index contributed by atoms with van der Waals surface area (Å²) in [7, 11) is 0. The Bertz CT molecular complexity index is 2220. The number of aryl methyl sites for hydroxylation is 2. The molecular formula is C46H40N2. The molecule has 6 aromatic rings. The van der Waals surface area contributed by atoms with Crippen LogP contribution in [0.5, 0.6) is 0 Å². The summed E-state index contributed by atoms with van der Waals surface area (Å²) in [6, 6.07) is 46.0. The predicted molar refractivity (Wildman–Crippen MR) is 208 cm³/mol. The van der Waals surface area contributed by atoms with Gasteiger partial charge >= 0.3 is 0 Å². The molecule has 1 aliphatic carbocycles. The smallest absolute Gasteiger partial charge is 0.0565 e. The Morgan fingerprint density at radius 2 is 1.17 bits per heavy atom. The second kappa shape index (κ2) is 13.9. The summed E-state index contributed by atoms with van der Waals surface area (Å²) >= 11 is 0. The van der Waals surface area contributed by atoms with E-state index in [1.165, 1.54) is 66.6 Å². The summed E-state index contributed by atoms with van der Waals surface area (Å²) in [6.45, 7) is 8.22. The Morgan fingerprint density at radius 3 is 1.81 bits per heavy atom. The summed E-state index contributed by atoms with van der Waals surface area (Å²) in [4.78, 5) is 4.76. The van der Waals surface area contributed by atoms with E-state index in [2.05, 4.69) is 182 Å². The van der Waals surface area contributed by atoms with Crippen molar-refractivity contribution in [2.24, 2.45) is 0 Å². The first-order valence-electron chi connectivity index (χ1n) is 16.7. The highest BCUT2D eigenvalue weighted by atomic mass is 15.2. The molecule has 0 aliphatic heterocycles. The van der Waals surface area contributed by atoms with Crippen LogP contribution in [0.15, 0.2) is 182 Å². The van der Waals surface area contributed by atoms with Crippen molar-refractivity contribution in [3.63, 3.8) is 0 Å². The Kier molecular flexibility index (Phi) is 8.89. The van der Waals surface area contributed by atoms with Gasteiger partial charge in [-0.15, -0.1) is 0 Å². The van der Waals surface area contributed by atoms with E-state index in [0.717, 1.165) is 18.5 Å². The van der Waals surface area contributed by atoms with Crippen LogP contribution in [-0.2, 0) is 0 Å². The molecule has 0 radical (unpaired) electrons. The molecular weight excluding hydrogens is 581 g/mol. The molecule has 0 saturated heterocycles. The third-order valence-electron chi connectivity index (χ3n) is 9.21. The summed E-state index contributed by atoms with van der Waals surface area (Å²) in [5.41, 5.74) is 11.2. The summed E-state index contributed by atoms with van der Waals surface area (Å²) in [5, 5.41) is 4.99. The van der Waals surface area contributed by atoms with Gasteiger partial charge in [-0.05, 0) is 96.1 Å². The number of rotatable bonds is 9. The van der Waals surface area contributed by atoms with Crippen molar-refractivity contribution in [1.82, 2.24) is 0 Å². The Hall–Kier alpha value is -5.86. The van der Waals surface area contributed by atoms with E-state index < -0.39 is 0 Å². The molecule has 0 aromatic heterocycles. The number of allylic oxidation sites excluding steroid dienone is 8. The Labute approximate surface area is 284 Å². The molecule has 0 heterocycles. The molecule has 0 bridgehead atoms. The van der Waals surface area contributed by atoms with Crippen molar-refractivity contribution < 1.29 is 0 Å². The lowest BCUT2D eigenvalue weighted by molar-refractivity contribution is 0.929. The number of nitrogens with zero attached hydrogens (tertiary/aromatic N) is 2. The van der Waals surface area contributed by atoms with Gasteiger partial charge in [0.25, 0.3) is 0 Å². The van der Waals surface area contributed by atoms with Crippen LogP contribution in [0.3, 0.4) is 0 Å². The molecule has 234 valence electrons. The molecule has 1 aliphatic rings. The van der Waals surface area contributed by atoms with E-state index in [4.69, 9.17) is 0 Å². The van der Waals surface area contributed by atoms with Crippen molar-refractivity contribution in [2.75, 3.05) is 9.80 Å². The molecule has 7 rings (SSSR count). The van der Waals surface area contributed by atoms with Gasteiger partial charge in [0, 0.05) is 34.0 Å². The van der Waals surface area contributed by atoms with E-state index in [1.807, 2.05) is 12.2 Å². The van der Waals surface area contributed by atoms with Gasteiger partial charge in [0.2, 0.25) is 0 Å². The van der Waals surface area contributed by atoms with Crippen LogP contribution in [0, 0.1) is 13.8 Å². The first-order valence-corrected chi connectivity index (χ1v) is 16.7.